The van der Waals surface area contributed by atoms with Crippen LogP contribution >= 0.6 is 15.9 Å². The molecule has 0 fully saturated rings. The summed E-state index contributed by atoms with van der Waals surface area (Å²) in [5, 5.41) is 11.1. The summed E-state index contributed by atoms with van der Waals surface area (Å²) in [5.74, 6) is -1.40. The van der Waals surface area contributed by atoms with Gasteiger partial charge in [0.2, 0.25) is 0 Å². The van der Waals surface area contributed by atoms with Crippen LogP contribution in [0.3, 0.4) is 0 Å². The van der Waals surface area contributed by atoms with Gasteiger partial charge in [0.05, 0.1) is 5.56 Å². The largest absolute Gasteiger partial charge is 0.478 e. The highest BCUT2D eigenvalue weighted by Crippen LogP contribution is 2.26. The number of ketones is 1. The van der Waals surface area contributed by atoms with E-state index in [4.69, 9.17) is 0 Å². The number of carboxylic acids is 1. The van der Waals surface area contributed by atoms with E-state index < -0.39 is 5.97 Å². The second-order valence-corrected chi connectivity index (χ2v) is 5.71. The topological polar surface area (TPSA) is 54.4 Å². The van der Waals surface area contributed by atoms with Crippen LogP contribution in [0.25, 0.3) is 10.8 Å². The first-order valence-corrected chi connectivity index (χ1v) is 7.42. The zero-order valence-corrected chi connectivity index (χ0v) is 13.0. The Morgan fingerprint density at radius 2 is 1.59 bits per heavy atom. The smallest absolute Gasteiger partial charge is 0.336 e. The van der Waals surface area contributed by atoms with Crippen molar-refractivity contribution in [2.45, 2.75) is 0 Å². The molecule has 22 heavy (non-hydrogen) atoms. The normalized spacial score (nSPS) is 10.6. The van der Waals surface area contributed by atoms with Crippen molar-refractivity contribution in [2.75, 3.05) is 0 Å². The molecule has 3 aromatic rings. The Morgan fingerprint density at radius 1 is 0.864 bits per heavy atom. The van der Waals surface area contributed by atoms with Crippen molar-refractivity contribution in [1.82, 2.24) is 0 Å². The zero-order chi connectivity index (χ0) is 15.7. The average molecular weight is 355 g/mol. The van der Waals surface area contributed by atoms with E-state index in [2.05, 4.69) is 15.9 Å². The van der Waals surface area contributed by atoms with Crippen molar-refractivity contribution in [1.29, 1.82) is 0 Å². The van der Waals surface area contributed by atoms with Crippen LogP contribution < -0.4 is 0 Å². The predicted molar refractivity (Wildman–Crippen MR) is 88.5 cm³/mol. The van der Waals surface area contributed by atoms with Gasteiger partial charge in [-0.05, 0) is 29.0 Å². The van der Waals surface area contributed by atoms with Crippen molar-refractivity contribution in [3.8, 4) is 0 Å². The Labute approximate surface area is 135 Å². The quantitative estimate of drug-likeness (QED) is 0.703. The number of hydrogen-bond acceptors (Lipinski definition) is 2. The number of carbonyl (C=O) groups is 2. The molecule has 0 radical (unpaired) electrons. The monoisotopic (exact) mass is 354 g/mol. The van der Waals surface area contributed by atoms with Gasteiger partial charge in [-0.15, -0.1) is 0 Å². The second-order valence-electron chi connectivity index (χ2n) is 4.86. The van der Waals surface area contributed by atoms with E-state index in [-0.39, 0.29) is 16.9 Å². The van der Waals surface area contributed by atoms with E-state index >= 15 is 0 Å². The van der Waals surface area contributed by atoms with Gasteiger partial charge >= 0.3 is 5.97 Å². The van der Waals surface area contributed by atoms with Gasteiger partial charge in [-0.2, -0.15) is 0 Å². The van der Waals surface area contributed by atoms with Crippen molar-refractivity contribution < 1.29 is 14.7 Å². The van der Waals surface area contributed by atoms with Gasteiger partial charge in [0.15, 0.2) is 5.78 Å². The minimum Gasteiger partial charge on any atom is -0.478 e. The van der Waals surface area contributed by atoms with Gasteiger partial charge in [0.1, 0.15) is 0 Å². The van der Waals surface area contributed by atoms with E-state index in [0.717, 1.165) is 15.2 Å². The van der Waals surface area contributed by atoms with Crippen molar-refractivity contribution in [2.24, 2.45) is 0 Å². The van der Waals surface area contributed by atoms with E-state index in [1.54, 1.807) is 24.3 Å². The third-order valence-corrected chi connectivity index (χ3v) is 4.18. The summed E-state index contributed by atoms with van der Waals surface area (Å²) in [6.45, 7) is 0. The highest BCUT2D eigenvalue weighted by Gasteiger charge is 2.17. The molecule has 3 aromatic carbocycles. The number of carbonyl (C=O) groups excluding carboxylic acids is 1. The van der Waals surface area contributed by atoms with Crippen LogP contribution in [0.1, 0.15) is 26.3 Å². The maximum Gasteiger partial charge on any atom is 0.336 e. The predicted octanol–water partition coefficient (Wildman–Crippen LogP) is 4.53. The first-order valence-electron chi connectivity index (χ1n) is 6.63. The van der Waals surface area contributed by atoms with Crippen molar-refractivity contribution in [3.63, 3.8) is 0 Å². The molecule has 1 N–H and O–H groups in total. The Hall–Kier alpha value is -2.46. The van der Waals surface area contributed by atoms with Crippen LogP contribution in [-0.2, 0) is 0 Å². The Morgan fingerprint density at radius 3 is 2.32 bits per heavy atom. The lowest BCUT2D eigenvalue weighted by Crippen LogP contribution is -2.09. The molecule has 3 nitrogen and oxygen atoms in total. The number of halogens is 1. The highest BCUT2D eigenvalue weighted by molar-refractivity contribution is 9.10. The van der Waals surface area contributed by atoms with E-state index in [0.29, 0.717) is 5.56 Å². The molecule has 0 aliphatic heterocycles. The van der Waals surface area contributed by atoms with Crippen LogP contribution in [0.2, 0.25) is 0 Å². The number of benzene rings is 3. The number of carboxylic acid groups (broad SMARTS) is 1. The molecule has 0 spiro atoms. The maximum atomic E-state index is 12.6. The Kier molecular flexibility index (Phi) is 3.77. The summed E-state index contributed by atoms with van der Waals surface area (Å²) in [6.07, 6.45) is 0. The summed E-state index contributed by atoms with van der Waals surface area (Å²) in [5.41, 5.74) is 0.686. The maximum absolute atomic E-state index is 12.6. The van der Waals surface area contributed by atoms with Crippen LogP contribution in [0.15, 0.2) is 65.1 Å². The fraction of sp³-hybridized carbons (Fsp3) is 0. The molecule has 0 atom stereocenters. The number of rotatable bonds is 3. The fourth-order valence-electron chi connectivity index (χ4n) is 2.41. The third-order valence-electron chi connectivity index (χ3n) is 3.49. The Balaban J connectivity index is 2.12. The van der Waals surface area contributed by atoms with Crippen LogP contribution in [0.5, 0.6) is 0 Å². The zero-order valence-electron chi connectivity index (χ0n) is 11.4. The SMILES string of the molecule is O=C(O)c1ccccc1C(=O)c1ccc2c(Br)cccc2c1. The Bertz CT molecular complexity index is 900. The average Bonchev–Trinajstić information content (AvgIpc) is 2.54. The van der Waals surface area contributed by atoms with E-state index in [9.17, 15) is 14.7 Å². The van der Waals surface area contributed by atoms with Crippen molar-refractivity contribution in [3.05, 3.63) is 81.8 Å². The standard InChI is InChI=1S/C18H11BrO3/c19-16-7-3-4-11-10-12(8-9-13(11)16)17(20)14-5-1-2-6-15(14)18(21)22/h1-10H,(H,21,22). The summed E-state index contributed by atoms with van der Waals surface area (Å²) < 4.78 is 0.954. The minimum atomic E-state index is -1.10. The molecule has 0 aliphatic rings. The van der Waals surface area contributed by atoms with Gasteiger partial charge in [-0.25, -0.2) is 4.79 Å². The second kappa shape index (κ2) is 5.73. The summed E-state index contributed by atoms with van der Waals surface area (Å²) >= 11 is 3.47. The highest BCUT2D eigenvalue weighted by atomic mass is 79.9. The van der Waals surface area contributed by atoms with Gasteiger partial charge in [0.25, 0.3) is 0 Å². The summed E-state index contributed by atoms with van der Waals surface area (Å²) in [6, 6.07) is 17.3. The molecule has 4 heteroatoms. The number of hydrogen-bond donors (Lipinski definition) is 1. The van der Waals surface area contributed by atoms with Gasteiger partial charge in [-0.3, -0.25) is 4.79 Å². The van der Waals surface area contributed by atoms with E-state index in [1.165, 1.54) is 12.1 Å². The summed E-state index contributed by atoms with van der Waals surface area (Å²) in [4.78, 5) is 23.9. The molecular weight excluding hydrogens is 344 g/mol. The lowest BCUT2D eigenvalue weighted by molar-refractivity contribution is 0.0693. The van der Waals surface area contributed by atoms with Crippen LogP contribution in [0, 0.1) is 0 Å². The first-order chi connectivity index (χ1) is 10.6. The third kappa shape index (κ3) is 2.53. The molecule has 0 bridgehead atoms. The fourth-order valence-corrected chi connectivity index (χ4v) is 2.92. The molecule has 3 rings (SSSR count). The lowest BCUT2D eigenvalue weighted by atomic mass is 9.96. The van der Waals surface area contributed by atoms with Gasteiger partial charge < -0.3 is 5.11 Å². The lowest BCUT2D eigenvalue weighted by Gasteiger charge is -2.07. The first kappa shape index (κ1) is 14.5. The molecule has 0 amide bonds. The number of aromatic carboxylic acids is 1. The minimum absolute atomic E-state index is 0.0156. The molecule has 0 unspecified atom stereocenters. The molecule has 0 saturated carbocycles. The molecule has 0 saturated heterocycles. The van der Waals surface area contributed by atoms with Crippen molar-refractivity contribution >= 4 is 38.5 Å². The number of fused-ring (bicyclic) bond motifs is 1. The van der Waals surface area contributed by atoms with Gasteiger partial charge in [0, 0.05) is 15.6 Å². The molecule has 0 aromatic heterocycles. The van der Waals surface area contributed by atoms with E-state index in [1.807, 2.05) is 24.3 Å². The van der Waals surface area contributed by atoms with Gasteiger partial charge in [-0.1, -0.05) is 58.4 Å². The molecular formula is C18H11BrO3. The molecule has 0 heterocycles. The van der Waals surface area contributed by atoms with Crippen LogP contribution in [-0.4, -0.2) is 16.9 Å². The summed E-state index contributed by atoms with van der Waals surface area (Å²) in [7, 11) is 0. The molecule has 108 valence electrons. The van der Waals surface area contributed by atoms with Crippen LogP contribution in [0.4, 0.5) is 0 Å². The molecule has 0 aliphatic carbocycles.